The summed E-state index contributed by atoms with van der Waals surface area (Å²) in [6.45, 7) is 4.66. The fourth-order valence-electron chi connectivity index (χ4n) is 4.15. The second-order valence-corrected chi connectivity index (χ2v) is 8.53. The van der Waals surface area contributed by atoms with Gasteiger partial charge in [-0.05, 0) is 51.0 Å². The minimum Gasteiger partial charge on any atom is -0.419 e. The Hall–Kier alpha value is -2.25. The molecule has 2 fully saturated rings. The molecule has 29 heavy (non-hydrogen) atoms. The van der Waals surface area contributed by atoms with E-state index in [2.05, 4.69) is 10.2 Å². The number of imide groups is 1. The summed E-state index contributed by atoms with van der Waals surface area (Å²) in [6, 6.07) is 7.28. The van der Waals surface area contributed by atoms with E-state index in [0.717, 1.165) is 31.2 Å². The average molecular weight is 417 g/mol. The van der Waals surface area contributed by atoms with Gasteiger partial charge in [0.25, 0.3) is 0 Å². The van der Waals surface area contributed by atoms with Gasteiger partial charge in [-0.25, -0.2) is 0 Å². The molecule has 1 aliphatic carbocycles. The molecule has 2 aliphatic rings. The Morgan fingerprint density at radius 2 is 1.72 bits per heavy atom. The topological polar surface area (TPSA) is 79.5 Å². The lowest BCUT2D eigenvalue weighted by Gasteiger charge is -2.29. The number of halogens is 1. The van der Waals surface area contributed by atoms with Crippen LogP contribution in [0.5, 0.6) is 0 Å². The summed E-state index contributed by atoms with van der Waals surface area (Å²) >= 11 is 5.92. The fourth-order valence-corrected chi connectivity index (χ4v) is 4.27. The Balaban J connectivity index is 1.47. The summed E-state index contributed by atoms with van der Waals surface area (Å²) in [5.41, 5.74) is 0.790. The van der Waals surface area contributed by atoms with Crippen LogP contribution in [0.4, 0.5) is 0 Å². The van der Waals surface area contributed by atoms with E-state index in [4.69, 9.17) is 16.0 Å². The molecular weight excluding hydrogens is 392 g/mol. The van der Waals surface area contributed by atoms with Crippen molar-refractivity contribution in [1.82, 2.24) is 20.0 Å². The van der Waals surface area contributed by atoms with E-state index >= 15 is 0 Å². The number of benzene rings is 1. The molecule has 2 amide bonds. The van der Waals surface area contributed by atoms with Crippen LogP contribution in [0.2, 0.25) is 5.02 Å². The molecule has 0 unspecified atom stereocenters. The smallest absolute Gasteiger partial charge is 0.247 e. The number of hydrogen-bond acceptors (Lipinski definition) is 6. The Labute approximate surface area is 175 Å². The van der Waals surface area contributed by atoms with Crippen LogP contribution >= 0.6 is 11.6 Å². The Morgan fingerprint density at radius 1 is 1.10 bits per heavy atom. The molecule has 0 spiro atoms. The summed E-state index contributed by atoms with van der Waals surface area (Å²) in [7, 11) is 0. The lowest BCUT2D eigenvalue weighted by Crippen LogP contribution is -2.44. The lowest BCUT2D eigenvalue weighted by molar-refractivity contribution is -0.143. The first-order valence-corrected chi connectivity index (χ1v) is 10.5. The van der Waals surface area contributed by atoms with Crippen molar-refractivity contribution >= 4 is 23.4 Å². The van der Waals surface area contributed by atoms with Crippen molar-refractivity contribution in [2.45, 2.75) is 52.1 Å². The number of fused-ring (bicyclic) bond motifs is 1. The van der Waals surface area contributed by atoms with Crippen molar-refractivity contribution in [3.05, 3.63) is 35.2 Å². The van der Waals surface area contributed by atoms with Crippen LogP contribution in [0.1, 0.15) is 45.4 Å². The molecule has 0 bridgehead atoms. The maximum Gasteiger partial charge on any atom is 0.247 e. The Bertz CT molecular complexity index is 872. The second-order valence-electron chi connectivity index (χ2n) is 8.09. The number of aromatic nitrogens is 2. The maximum atomic E-state index is 12.8. The molecule has 0 radical (unpaired) electrons. The molecule has 1 saturated carbocycles. The van der Waals surface area contributed by atoms with Crippen molar-refractivity contribution in [2.24, 2.45) is 11.8 Å². The number of amides is 2. The monoisotopic (exact) mass is 416 g/mol. The van der Waals surface area contributed by atoms with Gasteiger partial charge in [-0.1, -0.05) is 24.4 Å². The van der Waals surface area contributed by atoms with Crippen LogP contribution < -0.4 is 0 Å². The highest BCUT2D eigenvalue weighted by atomic mass is 35.5. The quantitative estimate of drug-likeness (QED) is 0.667. The second kappa shape index (κ2) is 8.24. The third-order valence-electron chi connectivity index (χ3n) is 5.88. The largest absolute Gasteiger partial charge is 0.419 e. The highest BCUT2D eigenvalue weighted by molar-refractivity contribution is 6.30. The maximum absolute atomic E-state index is 12.8. The van der Waals surface area contributed by atoms with Crippen molar-refractivity contribution in [3.8, 4) is 11.5 Å². The van der Waals surface area contributed by atoms with E-state index in [1.807, 2.05) is 30.9 Å². The van der Waals surface area contributed by atoms with Gasteiger partial charge in [-0.15, -0.1) is 10.2 Å². The molecule has 1 aromatic carbocycles. The zero-order valence-corrected chi connectivity index (χ0v) is 17.4. The van der Waals surface area contributed by atoms with Gasteiger partial charge in [0.1, 0.15) is 0 Å². The molecule has 2 atom stereocenters. The van der Waals surface area contributed by atoms with E-state index in [-0.39, 0.29) is 36.4 Å². The molecule has 4 rings (SSSR count). The fraction of sp³-hybridized carbons (Fsp3) is 0.524. The number of carbonyl (C=O) groups excluding carboxylic acids is 2. The zero-order valence-electron chi connectivity index (χ0n) is 16.7. The zero-order chi connectivity index (χ0) is 20.5. The Morgan fingerprint density at radius 3 is 2.31 bits per heavy atom. The van der Waals surface area contributed by atoms with Gasteiger partial charge in [0, 0.05) is 16.6 Å². The first kappa shape index (κ1) is 20.0. The van der Waals surface area contributed by atoms with Gasteiger partial charge in [0.05, 0.1) is 25.0 Å². The first-order valence-electron chi connectivity index (χ1n) is 10.1. The highest BCUT2D eigenvalue weighted by Gasteiger charge is 2.48. The first-order chi connectivity index (χ1) is 13.9. The summed E-state index contributed by atoms with van der Waals surface area (Å²) in [4.78, 5) is 29.0. The summed E-state index contributed by atoms with van der Waals surface area (Å²) in [5.74, 6) is 0.533. The van der Waals surface area contributed by atoms with Gasteiger partial charge in [0.2, 0.25) is 23.6 Å². The van der Waals surface area contributed by atoms with Crippen LogP contribution in [-0.4, -0.2) is 44.5 Å². The number of likely N-dealkylation sites (tertiary alicyclic amines) is 1. The molecule has 1 aromatic heterocycles. The predicted molar refractivity (Wildman–Crippen MR) is 108 cm³/mol. The van der Waals surface area contributed by atoms with Crippen LogP contribution in [-0.2, 0) is 16.1 Å². The molecule has 1 aliphatic heterocycles. The average Bonchev–Trinajstić information content (AvgIpc) is 3.27. The number of nitrogens with zero attached hydrogens (tertiary/aromatic N) is 4. The third kappa shape index (κ3) is 4.07. The molecule has 154 valence electrons. The molecular formula is C21H25ClN4O3. The molecule has 7 nitrogen and oxygen atoms in total. The van der Waals surface area contributed by atoms with Crippen LogP contribution in [0.15, 0.2) is 28.7 Å². The Kier molecular flexibility index (Phi) is 5.69. The molecule has 0 N–H and O–H groups in total. The van der Waals surface area contributed by atoms with Gasteiger partial charge in [-0.3, -0.25) is 19.4 Å². The number of rotatable bonds is 6. The van der Waals surface area contributed by atoms with E-state index in [0.29, 0.717) is 23.3 Å². The van der Waals surface area contributed by atoms with Crippen molar-refractivity contribution < 1.29 is 14.0 Å². The van der Waals surface area contributed by atoms with Gasteiger partial charge in [-0.2, -0.15) is 0 Å². The minimum atomic E-state index is -0.134. The molecule has 8 heteroatoms. The lowest BCUT2D eigenvalue weighted by atomic mass is 9.81. The van der Waals surface area contributed by atoms with E-state index in [1.165, 1.54) is 4.90 Å². The predicted octanol–water partition coefficient (Wildman–Crippen LogP) is 3.73. The van der Waals surface area contributed by atoms with Gasteiger partial charge in [0.15, 0.2) is 0 Å². The third-order valence-corrected chi connectivity index (χ3v) is 6.13. The number of carbonyl (C=O) groups is 2. The summed E-state index contributed by atoms with van der Waals surface area (Å²) < 4.78 is 5.81. The van der Waals surface area contributed by atoms with Crippen LogP contribution in [0, 0.1) is 11.8 Å². The van der Waals surface area contributed by atoms with E-state index in [1.54, 1.807) is 12.1 Å². The van der Waals surface area contributed by atoms with Crippen LogP contribution in [0.25, 0.3) is 11.5 Å². The standard InChI is InChI=1S/C21H25ClN4O3/c1-13(2)25(12-26-20(27)16-5-3-4-6-17(16)21(26)28)11-18-23-24-19(29-18)14-7-9-15(22)10-8-14/h7-10,13,16-17H,3-6,11-12H2,1-2H3/t16-,17+. The minimum absolute atomic E-state index is 0.0299. The highest BCUT2D eigenvalue weighted by Crippen LogP contribution is 2.38. The SMILES string of the molecule is CC(C)N(Cc1nnc(-c2ccc(Cl)cc2)o1)CN1C(=O)[C@H]2CCCC[C@H]2C1=O. The molecule has 1 saturated heterocycles. The van der Waals surface area contributed by atoms with Gasteiger partial charge >= 0.3 is 0 Å². The summed E-state index contributed by atoms with van der Waals surface area (Å²) in [5, 5.41) is 8.90. The van der Waals surface area contributed by atoms with Crippen LogP contribution in [0.3, 0.4) is 0 Å². The van der Waals surface area contributed by atoms with Crippen molar-refractivity contribution in [1.29, 1.82) is 0 Å². The number of hydrogen-bond donors (Lipinski definition) is 0. The van der Waals surface area contributed by atoms with Gasteiger partial charge < -0.3 is 4.42 Å². The van der Waals surface area contributed by atoms with E-state index < -0.39 is 0 Å². The van der Waals surface area contributed by atoms with E-state index in [9.17, 15) is 9.59 Å². The van der Waals surface area contributed by atoms with Crippen molar-refractivity contribution in [3.63, 3.8) is 0 Å². The molecule has 2 heterocycles. The normalized spacial score (nSPS) is 22.0. The summed E-state index contributed by atoms with van der Waals surface area (Å²) in [6.07, 6.45) is 3.69. The molecule has 2 aromatic rings. The van der Waals surface area contributed by atoms with Crippen molar-refractivity contribution in [2.75, 3.05) is 6.67 Å².